The first-order valence-electron chi connectivity index (χ1n) is 6.59. The van der Waals surface area contributed by atoms with Crippen LogP contribution in [0, 0.1) is 0 Å². The van der Waals surface area contributed by atoms with E-state index in [-0.39, 0.29) is 11.9 Å². The highest BCUT2D eigenvalue weighted by Gasteiger charge is 2.33. The van der Waals surface area contributed by atoms with Gasteiger partial charge in [-0.25, -0.2) is 4.98 Å². The second kappa shape index (κ2) is 6.11. The van der Waals surface area contributed by atoms with E-state index >= 15 is 0 Å². The summed E-state index contributed by atoms with van der Waals surface area (Å²) in [7, 11) is 0. The molecule has 2 rings (SSSR count). The topological polar surface area (TPSA) is 28.2 Å². The fraction of sp³-hybridized carbons (Fsp3) is 0.615. The maximum atomic E-state index is 13.0. The van der Waals surface area contributed by atoms with Crippen LogP contribution in [0.15, 0.2) is 12.1 Å². The standard InChI is InChI=1S/C13H18F3N3S/c1-3-17-11-6-10(13(14,15)16)7-12(18-11)19-4-5-20-8-9(19)2/h6-7,9H,3-5,8H2,1-2H3,(H,17,18). The number of pyridine rings is 1. The Labute approximate surface area is 120 Å². The third-order valence-electron chi connectivity index (χ3n) is 3.16. The highest BCUT2D eigenvalue weighted by molar-refractivity contribution is 7.99. The molecule has 20 heavy (non-hydrogen) atoms. The summed E-state index contributed by atoms with van der Waals surface area (Å²) in [5.41, 5.74) is -0.649. The predicted octanol–water partition coefficient (Wildman–Crippen LogP) is 3.47. The van der Waals surface area contributed by atoms with Gasteiger partial charge in [-0.15, -0.1) is 0 Å². The van der Waals surface area contributed by atoms with Crippen molar-refractivity contribution in [2.45, 2.75) is 26.1 Å². The van der Waals surface area contributed by atoms with E-state index in [9.17, 15) is 13.2 Å². The Morgan fingerprint density at radius 3 is 2.80 bits per heavy atom. The van der Waals surface area contributed by atoms with Crippen LogP contribution < -0.4 is 10.2 Å². The minimum Gasteiger partial charge on any atom is -0.370 e. The van der Waals surface area contributed by atoms with Gasteiger partial charge in [-0.05, 0) is 26.0 Å². The first-order chi connectivity index (χ1) is 9.41. The second-order valence-corrected chi connectivity index (χ2v) is 5.89. The Bertz CT molecular complexity index is 465. The zero-order chi connectivity index (χ0) is 14.8. The number of nitrogens with zero attached hydrogens (tertiary/aromatic N) is 2. The lowest BCUT2D eigenvalue weighted by Crippen LogP contribution is -2.41. The van der Waals surface area contributed by atoms with Crippen LogP contribution in [0.5, 0.6) is 0 Å². The molecule has 0 amide bonds. The molecule has 112 valence electrons. The number of rotatable bonds is 3. The van der Waals surface area contributed by atoms with Gasteiger partial charge in [0.15, 0.2) is 0 Å². The van der Waals surface area contributed by atoms with Crippen LogP contribution >= 0.6 is 11.8 Å². The molecule has 1 aromatic heterocycles. The van der Waals surface area contributed by atoms with Crippen molar-refractivity contribution in [1.29, 1.82) is 0 Å². The number of anilines is 2. The molecule has 1 unspecified atom stereocenters. The maximum Gasteiger partial charge on any atom is 0.416 e. The van der Waals surface area contributed by atoms with Crippen LogP contribution in [-0.2, 0) is 6.18 Å². The fourth-order valence-electron chi connectivity index (χ4n) is 2.17. The highest BCUT2D eigenvalue weighted by atomic mass is 32.2. The van der Waals surface area contributed by atoms with Gasteiger partial charge in [0.2, 0.25) is 0 Å². The molecule has 0 radical (unpaired) electrons. The van der Waals surface area contributed by atoms with Gasteiger partial charge < -0.3 is 10.2 Å². The number of halogens is 3. The largest absolute Gasteiger partial charge is 0.416 e. The van der Waals surface area contributed by atoms with Gasteiger partial charge >= 0.3 is 6.18 Å². The summed E-state index contributed by atoms with van der Waals surface area (Å²) < 4.78 is 38.9. The first kappa shape index (κ1) is 15.3. The zero-order valence-electron chi connectivity index (χ0n) is 11.5. The molecule has 1 saturated heterocycles. The van der Waals surface area contributed by atoms with E-state index in [4.69, 9.17) is 0 Å². The molecule has 7 heteroatoms. The van der Waals surface area contributed by atoms with Crippen LogP contribution in [-0.4, -0.2) is 35.6 Å². The Kier molecular flexibility index (Phi) is 4.67. The smallest absolute Gasteiger partial charge is 0.370 e. The molecule has 0 bridgehead atoms. The quantitative estimate of drug-likeness (QED) is 0.925. The Morgan fingerprint density at radius 2 is 2.20 bits per heavy atom. The van der Waals surface area contributed by atoms with E-state index in [0.29, 0.717) is 12.4 Å². The Morgan fingerprint density at radius 1 is 1.45 bits per heavy atom. The number of thioether (sulfide) groups is 1. The Hall–Kier alpha value is -1.11. The summed E-state index contributed by atoms with van der Waals surface area (Å²) >= 11 is 1.82. The van der Waals surface area contributed by atoms with Crippen molar-refractivity contribution in [2.75, 3.05) is 34.8 Å². The van der Waals surface area contributed by atoms with E-state index in [1.165, 1.54) is 0 Å². The third kappa shape index (κ3) is 3.50. The van der Waals surface area contributed by atoms with Crippen LogP contribution in [0.3, 0.4) is 0 Å². The lowest BCUT2D eigenvalue weighted by Gasteiger charge is -2.34. The van der Waals surface area contributed by atoms with Gasteiger partial charge in [-0.1, -0.05) is 0 Å². The molecular weight excluding hydrogens is 287 g/mol. The molecule has 0 aromatic carbocycles. The molecule has 1 N–H and O–H groups in total. The highest BCUT2D eigenvalue weighted by Crippen LogP contribution is 2.34. The van der Waals surface area contributed by atoms with E-state index in [1.807, 2.05) is 30.5 Å². The predicted molar refractivity (Wildman–Crippen MR) is 77.5 cm³/mol. The summed E-state index contributed by atoms with van der Waals surface area (Å²) in [6.45, 7) is 5.12. The molecule has 0 aliphatic carbocycles. The van der Waals surface area contributed by atoms with Crippen molar-refractivity contribution in [3.8, 4) is 0 Å². The summed E-state index contributed by atoms with van der Waals surface area (Å²) in [4.78, 5) is 6.27. The molecule has 2 heterocycles. The number of hydrogen-bond acceptors (Lipinski definition) is 4. The molecule has 0 spiro atoms. The van der Waals surface area contributed by atoms with Crippen molar-refractivity contribution in [3.05, 3.63) is 17.7 Å². The average molecular weight is 305 g/mol. The summed E-state index contributed by atoms with van der Waals surface area (Å²) in [6, 6.07) is 2.41. The molecule has 1 aliphatic rings. The van der Waals surface area contributed by atoms with Crippen LogP contribution in [0.2, 0.25) is 0 Å². The van der Waals surface area contributed by atoms with Crippen molar-refractivity contribution >= 4 is 23.4 Å². The van der Waals surface area contributed by atoms with E-state index in [0.717, 1.165) is 30.2 Å². The molecule has 1 aromatic rings. The van der Waals surface area contributed by atoms with Crippen LogP contribution in [0.1, 0.15) is 19.4 Å². The molecule has 0 saturated carbocycles. The van der Waals surface area contributed by atoms with Crippen molar-refractivity contribution in [1.82, 2.24) is 4.98 Å². The average Bonchev–Trinajstić information content (AvgIpc) is 2.38. The van der Waals surface area contributed by atoms with E-state index < -0.39 is 11.7 Å². The van der Waals surface area contributed by atoms with E-state index in [1.54, 1.807) is 0 Å². The normalized spacial score (nSPS) is 20.1. The summed E-state index contributed by atoms with van der Waals surface area (Å²) in [5.74, 6) is 2.51. The van der Waals surface area contributed by atoms with Crippen molar-refractivity contribution in [2.24, 2.45) is 0 Å². The van der Waals surface area contributed by atoms with Gasteiger partial charge in [-0.2, -0.15) is 24.9 Å². The van der Waals surface area contributed by atoms with Crippen molar-refractivity contribution in [3.63, 3.8) is 0 Å². The molecule has 1 aliphatic heterocycles. The lowest BCUT2D eigenvalue weighted by molar-refractivity contribution is -0.137. The lowest BCUT2D eigenvalue weighted by atomic mass is 10.2. The number of alkyl halides is 3. The SMILES string of the molecule is CCNc1cc(C(F)(F)F)cc(N2CCSCC2C)n1. The van der Waals surface area contributed by atoms with Gasteiger partial charge in [-0.3, -0.25) is 0 Å². The van der Waals surface area contributed by atoms with E-state index in [2.05, 4.69) is 10.3 Å². The van der Waals surface area contributed by atoms with Gasteiger partial charge in [0.25, 0.3) is 0 Å². The maximum absolute atomic E-state index is 13.0. The second-order valence-electron chi connectivity index (χ2n) is 4.74. The number of hydrogen-bond donors (Lipinski definition) is 1. The molecule has 1 fully saturated rings. The molecule has 3 nitrogen and oxygen atoms in total. The monoisotopic (exact) mass is 305 g/mol. The van der Waals surface area contributed by atoms with Gasteiger partial charge in [0.1, 0.15) is 11.6 Å². The van der Waals surface area contributed by atoms with Crippen LogP contribution in [0.4, 0.5) is 24.8 Å². The zero-order valence-corrected chi connectivity index (χ0v) is 12.3. The minimum atomic E-state index is -4.35. The number of nitrogens with one attached hydrogen (secondary N) is 1. The van der Waals surface area contributed by atoms with Crippen LogP contribution in [0.25, 0.3) is 0 Å². The summed E-state index contributed by atoms with van der Waals surface area (Å²) in [6.07, 6.45) is -4.35. The molecular formula is C13H18F3N3S. The minimum absolute atomic E-state index is 0.194. The van der Waals surface area contributed by atoms with Gasteiger partial charge in [0, 0.05) is 30.6 Å². The number of aromatic nitrogens is 1. The summed E-state index contributed by atoms with van der Waals surface area (Å²) in [5, 5.41) is 2.87. The third-order valence-corrected chi connectivity index (χ3v) is 4.35. The molecule has 1 atom stereocenters. The fourth-order valence-corrected chi connectivity index (χ4v) is 3.18. The van der Waals surface area contributed by atoms with Gasteiger partial charge in [0.05, 0.1) is 5.56 Å². The van der Waals surface area contributed by atoms with Crippen molar-refractivity contribution < 1.29 is 13.2 Å². The Balaban J connectivity index is 2.38. The first-order valence-corrected chi connectivity index (χ1v) is 7.75.